The van der Waals surface area contributed by atoms with Crippen molar-refractivity contribution < 1.29 is 9.47 Å². The van der Waals surface area contributed by atoms with Crippen LogP contribution in [0.5, 0.6) is 5.75 Å². The summed E-state index contributed by atoms with van der Waals surface area (Å²) < 4.78 is 12.3. The van der Waals surface area contributed by atoms with Crippen LogP contribution in [0, 0.1) is 0 Å². The van der Waals surface area contributed by atoms with Gasteiger partial charge in [-0.25, -0.2) is 0 Å². The van der Waals surface area contributed by atoms with Gasteiger partial charge in [0.2, 0.25) is 0 Å². The Bertz CT molecular complexity index is 370. The molecule has 1 aromatic rings. The average molecular weight is 286 g/mol. The van der Waals surface area contributed by atoms with Gasteiger partial charge in [-0.3, -0.25) is 0 Å². The summed E-state index contributed by atoms with van der Waals surface area (Å²) in [6.07, 6.45) is 2.75. The molecule has 0 radical (unpaired) electrons. The quantitative estimate of drug-likeness (QED) is 0.869. The predicted octanol–water partition coefficient (Wildman–Crippen LogP) is 2.98. The van der Waals surface area contributed by atoms with E-state index in [0.29, 0.717) is 18.4 Å². The molecule has 1 fully saturated rings. The molecule has 1 saturated heterocycles. The van der Waals surface area contributed by atoms with Crippen molar-refractivity contribution >= 4 is 21.6 Å². The highest BCUT2D eigenvalue weighted by Crippen LogP contribution is 2.26. The zero-order valence-corrected chi connectivity index (χ0v) is 10.9. The van der Waals surface area contributed by atoms with Gasteiger partial charge in [0.05, 0.1) is 17.9 Å². The van der Waals surface area contributed by atoms with Gasteiger partial charge in [-0.15, -0.1) is 0 Å². The van der Waals surface area contributed by atoms with Gasteiger partial charge < -0.3 is 15.2 Å². The van der Waals surface area contributed by atoms with Gasteiger partial charge in [-0.2, -0.15) is 0 Å². The third-order valence-electron chi connectivity index (χ3n) is 2.72. The van der Waals surface area contributed by atoms with Crippen molar-refractivity contribution in [2.45, 2.75) is 32.0 Å². The number of hydrogen-bond donors (Lipinski definition) is 1. The second-order valence-electron chi connectivity index (χ2n) is 4.14. The normalized spacial score (nSPS) is 24.6. The molecule has 2 unspecified atom stereocenters. The Labute approximate surface area is 104 Å². The molecule has 1 aliphatic rings. The molecule has 88 valence electrons. The molecule has 3 nitrogen and oxygen atoms in total. The van der Waals surface area contributed by atoms with Crippen LogP contribution in [0.25, 0.3) is 0 Å². The molecule has 0 aromatic heterocycles. The van der Waals surface area contributed by atoms with Crippen molar-refractivity contribution in [1.29, 1.82) is 0 Å². The first-order chi connectivity index (χ1) is 7.65. The van der Waals surface area contributed by atoms with Gasteiger partial charge in [0.15, 0.2) is 0 Å². The van der Waals surface area contributed by atoms with Crippen molar-refractivity contribution in [2.75, 3.05) is 12.3 Å². The molecule has 0 saturated carbocycles. The Hall–Kier alpha value is -0.740. The van der Waals surface area contributed by atoms with E-state index >= 15 is 0 Å². The number of hydrogen-bond acceptors (Lipinski definition) is 3. The zero-order valence-electron chi connectivity index (χ0n) is 9.28. The minimum Gasteiger partial charge on any atom is -0.489 e. The van der Waals surface area contributed by atoms with Gasteiger partial charge in [0.25, 0.3) is 0 Å². The van der Waals surface area contributed by atoms with Crippen molar-refractivity contribution in [3.05, 3.63) is 22.7 Å². The van der Waals surface area contributed by atoms with E-state index < -0.39 is 0 Å². The summed E-state index contributed by atoms with van der Waals surface area (Å²) in [7, 11) is 0. The fourth-order valence-electron chi connectivity index (χ4n) is 1.84. The number of benzene rings is 1. The number of anilines is 1. The number of halogens is 1. The van der Waals surface area contributed by atoms with Gasteiger partial charge >= 0.3 is 0 Å². The van der Waals surface area contributed by atoms with Crippen molar-refractivity contribution in [3.8, 4) is 5.75 Å². The Balaban J connectivity index is 1.89. The van der Waals surface area contributed by atoms with Crippen LogP contribution in [-0.4, -0.2) is 18.8 Å². The lowest BCUT2D eigenvalue weighted by molar-refractivity contribution is 0.0266. The lowest BCUT2D eigenvalue weighted by Gasteiger charge is -2.14. The van der Waals surface area contributed by atoms with E-state index in [1.807, 2.05) is 18.2 Å². The molecule has 0 spiro atoms. The van der Waals surface area contributed by atoms with Gasteiger partial charge in [-0.05, 0) is 38.0 Å². The van der Waals surface area contributed by atoms with E-state index in [1.165, 1.54) is 0 Å². The Morgan fingerprint density at radius 1 is 1.50 bits per heavy atom. The third kappa shape index (κ3) is 2.89. The number of rotatable bonds is 3. The van der Waals surface area contributed by atoms with E-state index in [9.17, 15) is 0 Å². The van der Waals surface area contributed by atoms with E-state index in [4.69, 9.17) is 15.2 Å². The zero-order chi connectivity index (χ0) is 11.5. The van der Waals surface area contributed by atoms with Crippen LogP contribution in [0.15, 0.2) is 22.7 Å². The summed E-state index contributed by atoms with van der Waals surface area (Å²) >= 11 is 3.36. The first-order valence-corrected chi connectivity index (χ1v) is 6.27. The maximum atomic E-state index is 5.84. The molecule has 1 aromatic carbocycles. The Kier molecular flexibility index (Phi) is 3.71. The van der Waals surface area contributed by atoms with Crippen LogP contribution in [0.1, 0.15) is 19.8 Å². The molecular weight excluding hydrogens is 270 g/mol. The molecule has 1 aliphatic heterocycles. The highest BCUT2D eigenvalue weighted by atomic mass is 79.9. The highest BCUT2D eigenvalue weighted by Gasteiger charge is 2.22. The summed E-state index contributed by atoms with van der Waals surface area (Å²) in [5.41, 5.74) is 6.49. The summed E-state index contributed by atoms with van der Waals surface area (Å²) in [4.78, 5) is 0. The monoisotopic (exact) mass is 285 g/mol. The molecule has 0 aliphatic carbocycles. The van der Waals surface area contributed by atoms with Crippen LogP contribution in [0.2, 0.25) is 0 Å². The standard InChI is InChI=1S/C12H16BrNO2/c1-8-2-4-10(16-8)7-15-12-5-3-9(13)6-11(12)14/h3,5-6,8,10H,2,4,7,14H2,1H3. The summed E-state index contributed by atoms with van der Waals surface area (Å²) in [5, 5.41) is 0. The third-order valence-corrected chi connectivity index (χ3v) is 3.21. The Morgan fingerprint density at radius 2 is 2.31 bits per heavy atom. The second-order valence-corrected chi connectivity index (χ2v) is 5.05. The van der Waals surface area contributed by atoms with Crippen LogP contribution in [-0.2, 0) is 4.74 Å². The van der Waals surface area contributed by atoms with Gasteiger partial charge in [0.1, 0.15) is 12.4 Å². The van der Waals surface area contributed by atoms with Gasteiger partial charge in [-0.1, -0.05) is 15.9 Å². The van der Waals surface area contributed by atoms with Crippen LogP contribution < -0.4 is 10.5 Å². The average Bonchev–Trinajstić information content (AvgIpc) is 2.63. The molecule has 16 heavy (non-hydrogen) atoms. The first kappa shape index (κ1) is 11.7. The molecule has 2 N–H and O–H groups in total. The van der Waals surface area contributed by atoms with E-state index in [0.717, 1.165) is 23.1 Å². The fraction of sp³-hybridized carbons (Fsp3) is 0.500. The topological polar surface area (TPSA) is 44.5 Å². The number of ether oxygens (including phenoxy) is 2. The molecule has 0 amide bonds. The minimum atomic E-state index is 0.207. The maximum absolute atomic E-state index is 5.84. The van der Waals surface area contributed by atoms with Crippen molar-refractivity contribution in [3.63, 3.8) is 0 Å². The van der Waals surface area contributed by atoms with Crippen LogP contribution in [0.4, 0.5) is 5.69 Å². The van der Waals surface area contributed by atoms with Gasteiger partial charge in [0, 0.05) is 4.47 Å². The molecule has 2 atom stereocenters. The van der Waals surface area contributed by atoms with Crippen LogP contribution >= 0.6 is 15.9 Å². The van der Waals surface area contributed by atoms with E-state index in [1.54, 1.807) is 0 Å². The lowest BCUT2D eigenvalue weighted by Crippen LogP contribution is -2.18. The summed E-state index contributed by atoms with van der Waals surface area (Å²) in [5.74, 6) is 0.728. The summed E-state index contributed by atoms with van der Waals surface area (Å²) in [6, 6.07) is 5.63. The lowest BCUT2D eigenvalue weighted by atomic mass is 10.2. The fourth-order valence-corrected chi connectivity index (χ4v) is 2.22. The largest absolute Gasteiger partial charge is 0.489 e. The highest BCUT2D eigenvalue weighted by molar-refractivity contribution is 9.10. The predicted molar refractivity (Wildman–Crippen MR) is 67.6 cm³/mol. The molecule has 1 heterocycles. The van der Waals surface area contributed by atoms with Crippen molar-refractivity contribution in [2.24, 2.45) is 0 Å². The van der Waals surface area contributed by atoms with E-state index in [2.05, 4.69) is 22.9 Å². The van der Waals surface area contributed by atoms with E-state index in [-0.39, 0.29) is 6.10 Å². The maximum Gasteiger partial charge on any atom is 0.142 e. The molecular formula is C12H16BrNO2. The van der Waals surface area contributed by atoms with Crippen LogP contribution in [0.3, 0.4) is 0 Å². The number of nitrogen functional groups attached to an aromatic ring is 1. The first-order valence-electron chi connectivity index (χ1n) is 5.48. The minimum absolute atomic E-state index is 0.207. The summed E-state index contributed by atoms with van der Waals surface area (Å²) in [6.45, 7) is 2.67. The molecule has 0 bridgehead atoms. The second kappa shape index (κ2) is 5.06. The molecule has 4 heteroatoms. The Morgan fingerprint density at radius 3 is 2.94 bits per heavy atom. The smallest absolute Gasteiger partial charge is 0.142 e. The number of nitrogens with two attached hydrogens (primary N) is 1. The van der Waals surface area contributed by atoms with Crippen molar-refractivity contribution in [1.82, 2.24) is 0 Å². The molecule has 2 rings (SSSR count). The SMILES string of the molecule is CC1CCC(COc2ccc(Br)cc2N)O1.